The molecule has 1 aliphatic rings. The van der Waals surface area contributed by atoms with Gasteiger partial charge in [-0.15, -0.1) is 0 Å². The van der Waals surface area contributed by atoms with E-state index >= 15 is 0 Å². The second-order valence-corrected chi connectivity index (χ2v) is 4.80. The van der Waals surface area contributed by atoms with E-state index in [1.165, 1.54) is 0 Å². The Bertz CT molecular complexity index is 480. The number of carbonyl (C=O) groups excluding carboxylic acids is 1. The number of rotatable bonds is 5. The van der Waals surface area contributed by atoms with Crippen molar-refractivity contribution in [1.29, 1.82) is 0 Å². The van der Waals surface area contributed by atoms with Crippen molar-refractivity contribution < 1.29 is 9.53 Å². The molecule has 1 saturated heterocycles. The summed E-state index contributed by atoms with van der Waals surface area (Å²) < 4.78 is 5.32. The Balaban J connectivity index is 2.25. The van der Waals surface area contributed by atoms with Gasteiger partial charge in [0.1, 0.15) is 11.9 Å². The van der Waals surface area contributed by atoms with Crippen LogP contribution in [-0.4, -0.2) is 48.2 Å². The molecule has 110 valence electrons. The molecule has 0 bridgehead atoms. The van der Waals surface area contributed by atoms with E-state index in [1.807, 2.05) is 17.9 Å². The van der Waals surface area contributed by atoms with E-state index in [2.05, 4.69) is 22.2 Å². The van der Waals surface area contributed by atoms with Crippen molar-refractivity contribution in [3.05, 3.63) is 11.8 Å². The molecule has 0 radical (unpaired) electrons. The maximum atomic E-state index is 11.5. The van der Waals surface area contributed by atoms with Crippen LogP contribution in [0.3, 0.4) is 0 Å². The summed E-state index contributed by atoms with van der Waals surface area (Å²) in [6.07, 6.45) is 0.994. The molecule has 7 heteroatoms. The number of aryl methyl sites for hydroxylation is 1. The summed E-state index contributed by atoms with van der Waals surface area (Å²) in [6, 6.07) is 1.38. The van der Waals surface area contributed by atoms with E-state index in [0.29, 0.717) is 31.5 Å². The van der Waals surface area contributed by atoms with Crippen LogP contribution in [0.25, 0.3) is 0 Å². The van der Waals surface area contributed by atoms with Crippen LogP contribution in [0.5, 0.6) is 0 Å². The molecule has 0 aliphatic carbocycles. The molecule has 2 rings (SSSR count). The van der Waals surface area contributed by atoms with Gasteiger partial charge in [-0.2, -0.15) is 4.98 Å². The number of nitrogens with zero attached hydrogens (tertiary/aromatic N) is 3. The number of nitrogens with two attached hydrogens (primary N) is 1. The summed E-state index contributed by atoms with van der Waals surface area (Å²) >= 11 is 0. The third-order valence-corrected chi connectivity index (χ3v) is 3.12. The third-order valence-electron chi connectivity index (χ3n) is 3.12. The van der Waals surface area contributed by atoms with Gasteiger partial charge in [0.15, 0.2) is 0 Å². The summed E-state index contributed by atoms with van der Waals surface area (Å²) in [6.45, 7) is 6.25. The smallest absolute Gasteiger partial charge is 0.242 e. The Hall–Kier alpha value is -1.89. The lowest BCUT2D eigenvalue weighted by Gasteiger charge is -2.34. The molecule has 0 saturated carbocycles. The van der Waals surface area contributed by atoms with Crippen LogP contribution < -0.4 is 16.0 Å². The second kappa shape index (κ2) is 6.51. The molecule has 3 N–H and O–H groups in total. The van der Waals surface area contributed by atoms with E-state index in [4.69, 9.17) is 10.5 Å². The van der Waals surface area contributed by atoms with Gasteiger partial charge in [-0.05, 0) is 13.3 Å². The minimum atomic E-state index is -0.475. The zero-order chi connectivity index (χ0) is 14.5. The van der Waals surface area contributed by atoms with Gasteiger partial charge >= 0.3 is 0 Å². The van der Waals surface area contributed by atoms with Crippen LogP contribution in [0.1, 0.15) is 19.0 Å². The number of hydrogen-bond donors (Lipinski definition) is 2. The highest BCUT2D eigenvalue weighted by molar-refractivity contribution is 5.83. The lowest BCUT2D eigenvalue weighted by Crippen LogP contribution is -2.53. The number of morpholine rings is 1. The molecule has 0 aromatic carbocycles. The minimum Gasteiger partial charge on any atom is -0.377 e. The summed E-state index contributed by atoms with van der Waals surface area (Å²) in [5, 5.41) is 3.16. The number of carbonyl (C=O) groups is 1. The Morgan fingerprint density at radius 1 is 1.60 bits per heavy atom. The van der Waals surface area contributed by atoms with Gasteiger partial charge in [-0.25, -0.2) is 4.98 Å². The minimum absolute atomic E-state index is 0.302. The van der Waals surface area contributed by atoms with E-state index < -0.39 is 11.9 Å². The monoisotopic (exact) mass is 279 g/mol. The standard InChI is InChI=1S/C13H21N5O2/c1-3-4-15-13-16-9(2)7-11(17-13)18-5-6-20-8-10(18)12(14)19/h7,10H,3-6,8H2,1-2H3,(H2,14,19)(H,15,16,17). The maximum absolute atomic E-state index is 11.5. The van der Waals surface area contributed by atoms with Gasteiger partial charge in [0.05, 0.1) is 13.2 Å². The summed E-state index contributed by atoms with van der Waals surface area (Å²) in [4.78, 5) is 22.2. The molecule has 1 aliphatic heterocycles. The van der Waals surface area contributed by atoms with Crippen LogP contribution in [-0.2, 0) is 9.53 Å². The Morgan fingerprint density at radius 3 is 3.10 bits per heavy atom. The van der Waals surface area contributed by atoms with Gasteiger partial charge in [-0.1, -0.05) is 6.92 Å². The van der Waals surface area contributed by atoms with Crippen molar-refractivity contribution in [3.8, 4) is 0 Å². The van der Waals surface area contributed by atoms with Gasteiger partial charge < -0.3 is 20.7 Å². The first-order valence-corrected chi connectivity index (χ1v) is 6.85. The fourth-order valence-electron chi connectivity index (χ4n) is 2.13. The van der Waals surface area contributed by atoms with Crippen molar-refractivity contribution in [1.82, 2.24) is 9.97 Å². The van der Waals surface area contributed by atoms with E-state index in [-0.39, 0.29) is 0 Å². The zero-order valence-electron chi connectivity index (χ0n) is 11.9. The predicted octanol–water partition coefficient (Wildman–Crippen LogP) is 0.297. The topological polar surface area (TPSA) is 93.4 Å². The van der Waals surface area contributed by atoms with Crippen molar-refractivity contribution in [3.63, 3.8) is 0 Å². The molecular weight excluding hydrogens is 258 g/mol. The van der Waals surface area contributed by atoms with Crippen molar-refractivity contribution in [2.45, 2.75) is 26.3 Å². The average Bonchev–Trinajstić information content (AvgIpc) is 2.44. The van der Waals surface area contributed by atoms with E-state index in [9.17, 15) is 4.79 Å². The highest BCUT2D eigenvalue weighted by Gasteiger charge is 2.29. The lowest BCUT2D eigenvalue weighted by molar-refractivity contribution is -0.121. The van der Waals surface area contributed by atoms with Crippen LogP contribution >= 0.6 is 0 Å². The number of ether oxygens (including phenoxy) is 1. The molecule has 1 aromatic rings. The molecular formula is C13H21N5O2. The van der Waals surface area contributed by atoms with Gasteiger partial charge in [0.25, 0.3) is 0 Å². The Morgan fingerprint density at radius 2 is 2.40 bits per heavy atom. The van der Waals surface area contributed by atoms with Crippen molar-refractivity contribution in [2.75, 3.05) is 36.5 Å². The zero-order valence-corrected chi connectivity index (χ0v) is 11.9. The fraction of sp³-hybridized carbons (Fsp3) is 0.615. The first-order chi connectivity index (χ1) is 9.61. The molecule has 1 unspecified atom stereocenters. The molecule has 2 heterocycles. The third kappa shape index (κ3) is 3.36. The first kappa shape index (κ1) is 14.5. The number of amides is 1. The number of nitrogens with one attached hydrogen (secondary N) is 1. The van der Waals surface area contributed by atoms with Gasteiger partial charge in [-0.3, -0.25) is 4.79 Å². The predicted molar refractivity (Wildman–Crippen MR) is 76.7 cm³/mol. The molecule has 1 amide bonds. The maximum Gasteiger partial charge on any atom is 0.242 e. The van der Waals surface area contributed by atoms with Gasteiger partial charge in [0, 0.05) is 24.8 Å². The average molecular weight is 279 g/mol. The summed E-state index contributed by atoms with van der Waals surface area (Å²) in [5.41, 5.74) is 6.28. The lowest BCUT2D eigenvalue weighted by atomic mass is 10.2. The largest absolute Gasteiger partial charge is 0.377 e. The highest BCUT2D eigenvalue weighted by atomic mass is 16.5. The van der Waals surface area contributed by atoms with E-state index in [1.54, 1.807) is 0 Å². The van der Waals surface area contributed by atoms with Crippen molar-refractivity contribution >= 4 is 17.7 Å². The first-order valence-electron chi connectivity index (χ1n) is 6.85. The van der Waals surface area contributed by atoms with Crippen molar-refractivity contribution in [2.24, 2.45) is 5.73 Å². The summed E-state index contributed by atoms with van der Waals surface area (Å²) in [7, 11) is 0. The normalized spacial score (nSPS) is 18.9. The molecule has 1 atom stereocenters. The highest BCUT2D eigenvalue weighted by Crippen LogP contribution is 2.19. The van der Waals surface area contributed by atoms with Crippen LogP contribution in [0.2, 0.25) is 0 Å². The van der Waals surface area contributed by atoms with E-state index in [0.717, 1.165) is 18.7 Å². The quantitative estimate of drug-likeness (QED) is 0.805. The molecule has 0 spiro atoms. The molecule has 7 nitrogen and oxygen atoms in total. The summed E-state index contributed by atoms with van der Waals surface area (Å²) in [5.74, 6) is 0.892. The fourth-order valence-corrected chi connectivity index (χ4v) is 2.13. The SMILES string of the molecule is CCCNc1nc(C)cc(N2CCOCC2C(N)=O)n1. The number of aromatic nitrogens is 2. The van der Waals surface area contributed by atoms with Crippen LogP contribution in [0, 0.1) is 6.92 Å². The molecule has 1 fully saturated rings. The number of anilines is 2. The molecule has 1 aromatic heterocycles. The van der Waals surface area contributed by atoms with Crippen LogP contribution in [0.15, 0.2) is 6.07 Å². The van der Waals surface area contributed by atoms with Gasteiger partial charge in [0.2, 0.25) is 11.9 Å². The second-order valence-electron chi connectivity index (χ2n) is 4.80. The van der Waals surface area contributed by atoms with Crippen LogP contribution in [0.4, 0.5) is 11.8 Å². The number of hydrogen-bond acceptors (Lipinski definition) is 6. The number of primary amides is 1. The Kier molecular flexibility index (Phi) is 4.73. The Labute approximate surface area is 118 Å². The molecule has 20 heavy (non-hydrogen) atoms.